The summed E-state index contributed by atoms with van der Waals surface area (Å²) >= 11 is 0. The lowest BCUT2D eigenvalue weighted by atomic mass is 10.3. The molecule has 0 saturated carbocycles. The highest BCUT2D eigenvalue weighted by Gasteiger charge is 2.29. The van der Waals surface area contributed by atoms with Gasteiger partial charge in [-0.3, -0.25) is 4.79 Å². The minimum absolute atomic E-state index is 0.0919. The van der Waals surface area contributed by atoms with E-state index >= 15 is 0 Å². The third-order valence-corrected chi connectivity index (χ3v) is 3.98. The van der Waals surface area contributed by atoms with Crippen LogP contribution >= 0.6 is 0 Å². The van der Waals surface area contributed by atoms with Crippen molar-refractivity contribution in [1.82, 2.24) is 15.0 Å². The SMILES string of the molecule is O=Cc1cn(C2CCS(=O)(=O)C2)nn1. The summed E-state index contributed by atoms with van der Waals surface area (Å²) in [5, 5.41) is 7.28. The van der Waals surface area contributed by atoms with E-state index in [1.807, 2.05) is 0 Å². The Bertz CT molecular complexity index is 451. The molecule has 0 amide bonds. The molecule has 1 saturated heterocycles. The zero-order valence-corrected chi connectivity index (χ0v) is 8.14. The number of hydrogen-bond acceptors (Lipinski definition) is 5. The molecule has 1 atom stereocenters. The summed E-state index contributed by atoms with van der Waals surface area (Å²) in [4.78, 5) is 10.3. The van der Waals surface area contributed by atoms with Crippen LogP contribution in [0.3, 0.4) is 0 Å². The van der Waals surface area contributed by atoms with Gasteiger partial charge >= 0.3 is 0 Å². The van der Waals surface area contributed by atoms with Crippen molar-refractivity contribution in [1.29, 1.82) is 0 Å². The maximum atomic E-state index is 11.2. The van der Waals surface area contributed by atoms with E-state index in [0.29, 0.717) is 12.7 Å². The third kappa shape index (κ3) is 1.67. The summed E-state index contributed by atoms with van der Waals surface area (Å²) in [6.45, 7) is 0. The van der Waals surface area contributed by atoms with Gasteiger partial charge in [0.15, 0.2) is 16.1 Å². The molecule has 1 aromatic heterocycles. The van der Waals surface area contributed by atoms with Gasteiger partial charge in [-0.15, -0.1) is 5.10 Å². The molecule has 0 radical (unpaired) electrons. The molecule has 0 spiro atoms. The third-order valence-electron chi connectivity index (χ3n) is 2.23. The summed E-state index contributed by atoms with van der Waals surface area (Å²) in [5.74, 6) is 0.280. The van der Waals surface area contributed by atoms with Gasteiger partial charge in [0.25, 0.3) is 0 Å². The van der Waals surface area contributed by atoms with Crippen molar-refractivity contribution >= 4 is 16.1 Å². The van der Waals surface area contributed by atoms with Crippen LogP contribution in [0.15, 0.2) is 6.20 Å². The van der Waals surface area contributed by atoms with E-state index in [2.05, 4.69) is 10.3 Å². The molecule has 1 aromatic rings. The van der Waals surface area contributed by atoms with Crippen LogP contribution in [0.2, 0.25) is 0 Å². The molecule has 0 N–H and O–H groups in total. The summed E-state index contributed by atoms with van der Waals surface area (Å²) in [5.41, 5.74) is 0.231. The second-order valence-corrected chi connectivity index (χ2v) is 5.53. The van der Waals surface area contributed by atoms with Gasteiger partial charge in [-0.25, -0.2) is 13.1 Å². The van der Waals surface area contributed by atoms with Gasteiger partial charge in [-0.2, -0.15) is 0 Å². The number of sulfone groups is 1. The highest BCUT2D eigenvalue weighted by Crippen LogP contribution is 2.22. The maximum Gasteiger partial charge on any atom is 0.171 e. The smallest absolute Gasteiger partial charge is 0.171 e. The molecule has 1 unspecified atom stereocenters. The minimum Gasteiger partial charge on any atom is -0.296 e. The van der Waals surface area contributed by atoms with E-state index in [0.717, 1.165) is 0 Å². The van der Waals surface area contributed by atoms with Crippen LogP contribution in [0.1, 0.15) is 23.0 Å². The fourth-order valence-corrected chi connectivity index (χ4v) is 3.21. The minimum atomic E-state index is -2.92. The van der Waals surface area contributed by atoms with Crippen LogP contribution in [0.25, 0.3) is 0 Å². The Morgan fingerprint density at radius 1 is 1.57 bits per heavy atom. The van der Waals surface area contributed by atoms with Crippen molar-refractivity contribution in [2.75, 3.05) is 11.5 Å². The molecule has 76 valence electrons. The Hall–Kier alpha value is -1.24. The Morgan fingerprint density at radius 3 is 2.86 bits per heavy atom. The van der Waals surface area contributed by atoms with Crippen molar-refractivity contribution < 1.29 is 13.2 Å². The van der Waals surface area contributed by atoms with Crippen molar-refractivity contribution in [2.24, 2.45) is 0 Å². The number of aldehydes is 1. The monoisotopic (exact) mass is 215 g/mol. The van der Waals surface area contributed by atoms with Crippen molar-refractivity contribution in [2.45, 2.75) is 12.5 Å². The average molecular weight is 215 g/mol. The molecule has 1 aliphatic heterocycles. The van der Waals surface area contributed by atoms with Gasteiger partial charge in [0, 0.05) is 0 Å². The first-order valence-electron chi connectivity index (χ1n) is 4.18. The topological polar surface area (TPSA) is 81.9 Å². The van der Waals surface area contributed by atoms with Crippen LogP contribution in [0.4, 0.5) is 0 Å². The van der Waals surface area contributed by atoms with Crippen LogP contribution in [-0.2, 0) is 9.84 Å². The van der Waals surface area contributed by atoms with Crippen molar-refractivity contribution in [3.63, 3.8) is 0 Å². The number of rotatable bonds is 2. The number of carbonyl (C=O) groups excluding carboxylic acids is 1. The van der Waals surface area contributed by atoms with E-state index < -0.39 is 9.84 Å². The van der Waals surface area contributed by atoms with Gasteiger partial charge in [0.2, 0.25) is 0 Å². The van der Waals surface area contributed by atoms with E-state index in [1.54, 1.807) is 0 Å². The molecule has 2 heterocycles. The predicted octanol–water partition coefficient (Wildman–Crippen LogP) is -0.550. The lowest BCUT2D eigenvalue weighted by Gasteiger charge is -2.05. The average Bonchev–Trinajstić information content (AvgIpc) is 2.70. The van der Waals surface area contributed by atoms with Crippen molar-refractivity contribution in [3.8, 4) is 0 Å². The fraction of sp³-hybridized carbons (Fsp3) is 0.571. The zero-order valence-electron chi connectivity index (χ0n) is 7.33. The maximum absolute atomic E-state index is 11.2. The molecule has 1 aliphatic rings. The van der Waals surface area contributed by atoms with Crippen LogP contribution < -0.4 is 0 Å². The van der Waals surface area contributed by atoms with Crippen molar-refractivity contribution in [3.05, 3.63) is 11.9 Å². The Labute approximate surface area is 80.8 Å². The Kier molecular flexibility index (Phi) is 2.10. The molecule has 14 heavy (non-hydrogen) atoms. The second-order valence-electron chi connectivity index (χ2n) is 3.30. The lowest BCUT2D eigenvalue weighted by molar-refractivity contribution is 0.111. The molecule has 1 fully saturated rings. The standard InChI is InChI=1S/C7H9N3O3S/c11-4-6-3-10(9-8-6)7-1-2-14(12,13)5-7/h3-4,7H,1-2,5H2. The van der Waals surface area contributed by atoms with Crippen LogP contribution in [0, 0.1) is 0 Å². The molecule has 0 bridgehead atoms. The first-order chi connectivity index (χ1) is 6.61. The molecular formula is C7H9N3O3S. The number of carbonyl (C=O) groups is 1. The van der Waals surface area contributed by atoms with E-state index in [9.17, 15) is 13.2 Å². The summed E-state index contributed by atoms with van der Waals surface area (Å²) in [7, 11) is -2.92. The molecule has 7 heteroatoms. The predicted molar refractivity (Wildman–Crippen MR) is 47.7 cm³/mol. The summed E-state index contributed by atoms with van der Waals surface area (Å²) in [6, 6.07) is -0.166. The zero-order chi connectivity index (χ0) is 10.2. The van der Waals surface area contributed by atoms with E-state index in [4.69, 9.17) is 0 Å². The fourth-order valence-electron chi connectivity index (χ4n) is 1.51. The lowest BCUT2D eigenvalue weighted by Crippen LogP contribution is -2.11. The van der Waals surface area contributed by atoms with E-state index in [1.165, 1.54) is 10.9 Å². The largest absolute Gasteiger partial charge is 0.296 e. The molecule has 0 aromatic carbocycles. The highest BCUT2D eigenvalue weighted by atomic mass is 32.2. The van der Waals surface area contributed by atoms with Gasteiger partial charge in [0.1, 0.15) is 5.69 Å². The van der Waals surface area contributed by atoms with Gasteiger partial charge in [-0.05, 0) is 6.42 Å². The van der Waals surface area contributed by atoms with Gasteiger partial charge in [-0.1, -0.05) is 5.21 Å². The van der Waals surface area contributed by atoms with Gasteiger partial charge < -0.3 is 0 Å². The number of nitrogens with zero attached hydrogens (tertiary/aromatic N) is 3. The Morgan fingerprint density at radius 2 is 2.36 bits per heavy atom. The summed E-state index contributed by atoms with van der Waals surface area (Å²) < 4.78 is 23.8. The summed E-state index contributed by atoms with van der Waals surface area (Å²) in [6.07, 6.45) is 2.61. The number of aromatic nitrogens is 3. The second kappa shape index (κ2) is 3.16. The Balaban J connectivity index is 2.21. The number of hydrogen-bond donors (Lipinski definition) is 0. The molecule has 6 nitrogen and oxygen atoms in total. The first kappa shape index (κ1) is 9.32. The highest BCUT2D eigenvalue weighted by molar-refractivity contribution is 7.91. The van der Waals surface area contributed by atoms with Crippen LogP contribution in [0.5, 0.6) is 0 Å². The molecule has 2 rings (SSSR count). The molecule has 0 aliphatic carbocycles. The quantitative estimate of drug-likeness (QED) is 0.618. The van der Waals surface area contributed by atoms with Crippen LogP contribution in [-0.4, -0.2) is 41.2 Å². The van der Waals surface area contributed by atoms with E-state index in [-0.39, 0.29) is 23.2 Å². The molecular weight excluding hydrogens is 206 g/mol. The van der Waals surface area contributed by atoms with Gasteiger partial charge in [0.05, 0.1) is 23.7 Å². The first-order valence-corrected chi connectivity index (χ1v) is 6.00. The normalized spacial score (nSPS) is 25.0.